The number of carboxylic acids is 1. The van der Waals surface area contributed by atoms with E-state index in [1.165, 1.54) is 23.9 Å². The smallest absolute Gasteiger partial charge is 0.335 e. The van der Waals surface area contributed by atoms with Crippen LogP contribution in [0.25, 0.3) is 0 Å². The highest BCUT2D eigenvalue weighted by molar-refractivity contribution is 7.99. The molecular formula is C21H20Cl2N4O3S2. The van der Waals surface area contributed by atoms with Crippen LogP contribution in [0.15, 0.2) is 47.6 Å². The number of aromatic nitrogens is 3. The van der Waals surface area contributed by atoms with Gasteiger partial charge in [-0.05, 0) is 48.9 Å². The molecule has 0 radical (unpaired) electrons. The highest BCUT2D eigenvalue weighted by atomic mass is 35.5. The van der Waals surface area contributed by atoms with Crippen LogP contribution in [-0.4, -0.2) is 37.5 Å². The topological polar surface area (TPSA) is 97.1 Å². The van der Waals surface area contributed by atoms with Gasteiger partial charge in [-0.15, -0.1) is 22.0 Å². The SMILES string of the molecule is CCn1c(CSCc2ccc(Cl)cc2Cl)nnc1SCC(=O)Nc1ccc(C(=O)O)cc1. The monoisotopic (exact) mass is 510 g/mol. The molecule has 0 atom stereocenters. The minimum absolute atomic E-state index is 0.159. The first kappa shape index (κ1) is 24.4. The van der Waals surface area contributed by atoms with E-state index >= 15 is 0 Å². The molecule has 0 aliphatic rings. The van der Waals surface area contributed by atoms with Crippen LogP contribution >= 0.6 is 46.7 Å². The molecule has 0 saturated heterocycles. The maximum Gasteiger partial charge on any atom is 0.335 e. The number of carboxylic acid groups (broad SMARTS) is 1. The third-order valence-corrected chi connectivity index (χ3v) is 6.89. The van der Waals surface area contributed by atoms with Gasteiger partial charge in [0, 0.05) is 28.0 Å². The van der Waals surface area contributed by atoms with Gasteiger partial charge in [0.25, 0.3) is 0 Å². The van der Waals surface area contributed by atoms with Gasteiger partial charge in [-0.3, -0.25) is 4.79 Å². The van der Waals surface area contributed by atoms with Crippen LogP contribution in [0.4, 0.5) is 5.69 Å². The second-order valence-corrected chi connectivity index (χ2v) is 9.36. The van der Waals surface area contributed by atoms with E-state index in [1.807, 2.05) is 23.6 Å². The first-order valence-corrected chi connectivity index (χ1v) is 12.5. The van der Waals surface area contributed by atoms with Crippen LogP contribution in [0, 0.1) is 0 Å². The van der Waals surface area contributed by atoms with Crippen LogP contribution in [-0.2, 0) is 22.8 Å². The molecule has 0 unspecified atom stereocenters. The summed E-state index contributed by atoms with van der Waals surface area (Å²) in [4.78, 5) is 23.2. The molecular weight excluding hydrogens is 491 g/mol. The van der Waals surface area contributed by atoms with Crippen molar-refractivity contribution in [3.05, 3.63) is 69.5 Å². The maximum atomic E-state index is 12.3. The molecule has 1 heterocycles. The lowest BCUT2D eigenvalue weighted by atomic mass is 10.2. The van der Waals surface area contributed by atoms with E-state index in [0.717, 1.165) is 17.1 Å². The van der Waals surface area contributed by atoms with E-state index in [1.54, 1.807) is 30.0 Å². The quantitative estimate of drug-likeness (QED) is 0.349. The van der Waals surface area contributed by atoms with Crippen molar-refractivity contribution < 1.29 is 14.7 Å². The number of rotatable bonds is 10. The van der Waals surface area contributed by atoms with Crippen molar-refractivity contribution in [1.29, 1.82) is 0 Å². The Labute approximate surface area is 203 Å². The van der Waals surface area contributed by atoms with E-state index in [4.69, 9.17) is 28.3 Å². The molecule has 7 nitrogen and oxygen atoms in total. The molecule has 2 aromatic carbocycles. The van der Waals surface area contributed by atoms with Gasteiger partial charge in [0.1, 0.15) is 5.82 Å². The fourth-order valence-corrected chi connectivity index (χ4v) is 5.11. The number of thioether (sulfide) groups is 2. The highest BCUT2D eigenvalue weighted by Gasteiger charge is 2.14. The first-order chi connectivity index (χ1) is 15.4. The van der Waals surface area contributed by atoms with Gasteiger partial charge in [0.05, 0.1) is 17.1 Å². The number of carbonyl (C=O) groups excluding carboxylic acids is 1. The zero-order chi connectivity index (χ0) is 23.1. The van der Waals surface area contributed by atoms with Crippen molar-refractivity contribution in [3.63, 3.8) is 0 Å². The summed E-state index contributed by atoms with van der Waals surface area (Å²) in [6, 6.07) is 11.5. The molecule has 0 aliphatic carbocycles. The molecule has 3 rings (SSSR count). The molecule has 2 N–H and O–H groups in total. The van der Waals surface area contributed by atoms with Crippen molar-refractivity contribution in [2.24, 2.45) is 0 Å². The molecule has 1 aromatic heterocycles. The Morgan fingerprint density at radius 2 is 1.84 bits per heavy atom. The van der Waals surface area contributed by atoms with Crippen LogP contribution in [0.1, 0.15) is 28.7 Å². The van der Waals surface area contributed by atoms with Crippen molar-refractivity contribution >= 4 is 64.3 Å². The van der Waals surface area contributed by atoms with E-state index in [2.05, 4.69) is 15.5 Å². The van der Waals surface area contributed by atoms with Gasteiger partial charge in [-0.2, -0.15) is 0 Å². The Morgan fingerprint density at radius 1 is 1.09 bits per heavy atom. The summed E-state index contributed by atoms with van der Waals surface area (Å²) in [7, 11) is 0. The van der Waals surface area contributed by atoms with Crippen LogP contribution < -0.4 is 5.32 Å². The van der Waals surface area contributed by atoms with Crippen molar-refractivity contribution in [3.8, 4) is 0 Å². The number of hydrogen-bond acceptors (Lipinski definition) is 6. The molecule has 0 spiro atoms. The summed E-state index contributed by atoms with van der Waals surface area (Å²) in [5, 5.41) is 22.1. The number of benzene rings is 2. The normalized spacial score (nSPS) is 10.8. The minimum atomic E-state index is -1.01. The number of anilines is 1. The molecule has 0 aliphatic heterocycles. The predicted molar refractivity (Wildman–Crippen MR) is 130 cm³/mol. The van der Waals surface area contributed by atoms with E-state index in [0.29, 0.717) is 33.2 Å². The zero-order valence-corrected chi connectivity index (χ0v) is 20.2. The van der Waals surface area contributed by atoms with Crippen LogP contribution in [0.3, 0.4) is 0 Å². The maximum absolute atomic E-state index is 12.3. The van der Waals surface area contributed by atoms with Gasteiger partial charge in [-0.25, -0.2) is 4.79 Å². The van der Waals surface area contributed by atoms with Gasteiger partial charge in [0.2, 0.25) is 5.91 Å². The molecule has 0 bridgehead atoms. The second-order valence-electron chi connectivity index (χ2n) is 6.59. The fourth-order valence-electron chi connectivity index (χ4n) is 2.76. The first-order valence-electron chi connectivity index (χ1n) is 9.57. The Hall–Kier alpha value is -2.20. The van der Waals surface area contributed by atoms with E-state index < -0.39 is 5.97 Å². The summed E-state index contributed by atoms with van der Waals surface area (Å²) >= 11 is 15.1. The molecule has 3 aromatic rings. The fraction of sp³-hybridized carbons (Fsp3) is 0.238. The number of halogens is 2. The number of aromatic carboxylic acids is 1. The van der Waals surface area contributed by atoms with Gasteiger partial charge in [-0.1, -0.05) is 41.0 Å². The Kier molecular flexibility index (Phi) is 8.86. The lowest BCUT2D eigenvalue weighted by Crippen LogP contribution is -2.15. The van der Waals surface area contributed by atoms with Crippen LogP contribution in [0.5, 0.6) is 0 Å². The van der Waals surface area contributed by atoms with Gasteiger partial charge >= 0.3 is 5.97 Å². The molecule has 1 amide bonds. The van der Waals surface area contributed by atoms with Crippen molar-refractivity contribution in [2.45, 2.75) is 30.1 Å². The Balaban J connectivity index is 1.52. The predicted octanol–water partition coefficient (Wildman–Crippen LogP) is 5.47. The van der Waals surface area contributed by atoms with E-state index in [-0.39, 0.29) is 17.2 Å². The lowest BCUT2D eigenvalue weighted by molar-refractivity contribution is -0.113. The standard InChI is InChI=1S/C21H20Cl2N4O3S2/c1-2-27-18(11-31-10-14-3-6-15(22)9-17(14)23)25-26-21(27)32-12-19(28)24-16-7-4-13(5-8-16)20(29)30/h3-9H,2,10-12H2,1H3,(H,24,28)(H,29,30). The second kappa shape index (κ2) is 11.6. The molecule has 0 saturated carbocycles. The Morgan fingerprint density at radius 3 is 2.50 bits per heavy atom. The average molecular weight is 511 g/mol. The lowest BCUT2D eigenvalue weighted by Gasteiger charge is -2.08. The molecule has 11 heteroatoms. The summed E-state index contributed by atoms with van der Waals surface area (Å²) < 4.78 is 1.98. The number of nitrogens with zero attached hydrogens (tertiary/aromatic N) is 3. The summed E-state index contributed by atoms with van der Waals surface area (Å²) in [6.07, 6.45) is 0. The van der Waals surface area contributed by atoms with E-state index in [9.17, 15) is 9.59 Å². The van der Waals surface area contributed by atoms with Crippen LogP contribution in [0.2, 0.25) is 10.0 Å². The molecule has 32 heavy (non-hydrogen) atoms. The van der Waals surface area contributed by atoms with Gasteiger partial charge < -0.3 is 15.0 Å². The third kappa shape index (κ3) is 6.65. The minimum Gasteiger partial charge on any atom is -0.478 e. The number of amides is 1. The van der Waals surface area contributed by atoms with Crippen molar-refractivity contribution in [2.75, 3.05) is 11.1 Å². The highest BCUT2D eigenvalue weighted by Crippen LogP contribution is 2.27. The molecule has 168 valence electrons. The van der Waals surface area contributed by atoms with Crippen molar-refractivity contribution in [1.82, 2.24) is 14.8 Å². The number of carbonyl (C=O) groups is 2. The summed E-state index contributed by atoms with van der Waals surface area (Å²) in [5.74, 6) is 1.14. The van der Waals surface area contributed by atoms with Gasteiger partial charge in [0.15, 0.2) is 5.16 Å². The molecule has 0 fully saturated rings. The largest absolute Gasteiger partial charge is 0.478 e. The average Bonchev–Trinajstić information content (AvgIpc) is 3.16. The zero-order valence-electron chi connectivity index (χ0n) is 17.0. The third-order valence-electron chi connectivity index (χ3n) is 4.36. The summed E-state index contributed by atoms with van der Waals surface area (Å²) in [6.45, 7) is 2.69. The number of hydrogen-bond donors (Lipinski definition) is 2. The summed E-state index contributed by atoms with van der Waals surface area (Å²) in [5.41, 5.74) is 1.71. The number of nitrogens with one attached hydrogen (secondary N) is 1. The Bertz CT molecular complexity index is 1110.